The largest absolute Gasteiger partial charge is 0.497 e. The second-order valence-electron chi connectivity index (χ2n) is 4.40. The number of benzene rings is 2. The summed E-state index contributed by atoms with van der Waals surface area (Å²) in [5.74, 6) is 1.67. The highest BCUT2D eigenvalue weighted by atomic mass is 16.5. The van der Waals surface area contributed by atoms with Gasteiger partial charge >= 0.3 is 7.12 Å². The Morgan fingerprint density at radius 3 is 1.90 bits per heavy atom. The first-order chi connectivity index (χ1) is 10.1. The van der Waals surface area contributed by atoms with Crippen molar-refractivity contribution < 1.29 is 24.3 Å². The van der Waals surface area contributed by atoms with Gasteiger partial charge in [0.05, 0.1) is 21.3 Å². The van der Waals surface area contributed by atoms with Crippen LogP contribution in [0.15, 0.2) is 36.4 Å². The highest BCUT2D eigenvalue weighted by Crippen LogP contribution is 2.33. The van der Waals surface area contributed by atoms with Crippen LogP contribution in [0, 0.1) is 0 Å². The molecule has 2 aromatic rings. The van der Waals surface area contributed by atoms with E-state index in [0.717, 1.165) is 16.9 Å². The standard InChI is InChI=1S/C15H17BO5/c1-19-11-6-4-10(5-7-11)12-8-15(21-3)13(16(17)18)9-14(12)20-2/h4-9,17-18H,1-3H3. The van der Waals surface area contributed by atoms with E-state index in [-0.39, 0.29) is 5.46 Å². The van der Waals surface area contributed by atoms with Crippen molar-refractivity contribution in [2.24, 2.45) is 0 Å². The van der Waals surface area contributed by atoms with Crippen LogP contribution in [-0.2, 0) is 0 Å². The van der Waals surface area contributed by atoms with E-state index in [9.17, 15) is 10.0 Å². The lowest BCUT2D eigenvalue weighted by Gasteiger charge is -2.15. The van der Waals surface area contributed by atoms with Gasteiger partial charge in [0, 0.05) is 11.0 Å². The molecule has 2 rings (SSSR count). The Hall–Kier alpha value is -2.18. The van der Waals surface area contributed by atoms with E-state index in [1.807, 2.05) is 24.3 Å². The van der Waals surface area contributed by atoms with Gasteiger partial charge in [-0.2, -0.15) is 0 Å². The summed E-state index contributed by atoms with van der Waals surface area (Å²) in [4.78, 5) is 0. The van der Waals surface area contributed by atoms with E-state index in [4.69, 9.17) is 14.2 Å². The van der Waals surface area contributed by atoms with Gasteiger partial charge in [-0.3, -0.25) is 0 Å². The van der Waals surface area contributed by atoms with E-state index in [1.54, 1.807) is 19.2 Å². The van der Waals surface area contributed by atoms with Gasteiger partial charge in [-0.15, -0.1) is 0 Å². The molecule has 0 spiro atoms. The minimum absolute atomic E-state index is 0.256. The van der Waals surface area contributed by atoms with E-state index < -0.39 is 7.12 Å². The van der Waals surface area contributed by atoms with Crippen molar-refractivity contribution in [3.05, 3.63) is 36.4 Å². The molecule has 0 aromatic heterocycles. The van der Waals surface area contributed by atoms with Crippen molar-refractivity contribution >= 4 is 12.6 Å². The molecule has 0 bridgehead atoms. The van der Waals surface area contributed by atoms with Gasteiger partial charge in [-0.25, -0.2) is 0 Å². The summed E-state index contributed by atoms with van der Waals surface area (Å²) in [7, 11) is 2.99. The summed E-state index contributed by atoms with van der Waals surface area (Å²) in [6.45, 7) is 0. The average molecular weight is 288 g/mol. The van der Waals surface area contributed by atoms with Crippen LogP contribution >= 0.6 is 0 Å². The van der Waals surface area contributed by atoms with Gasteiger partial charge < -0.3 is 24.3 Å². The molecule has 0 atom stereocenters. The molecule has 0 heterocycles. The molecule has 0 fully saturated rings. The molecule has 21 heavy (non-hydrogen) atoms. The zero-order valence-corrected chi connectivity index (χ0v) is 12.2. The predicted molar refractivity (Wildman–Crippen MR) is 81.4 cm³/mol. The third kappa shape index (κ3) is 3.12. The molecular weight excluding hydrogens is 271 g/mol. The van der Waals surface area contributed by atoms with Crippen molar-refractivity contribution in [3.63, 3.8) is 0 Å². The Balaban J connectivity index is 2.55. The maximum atomic E-state index is 9.39. The lowest BCUT2D eigenvalue weighted by molar-refractivity contribution is 0.396. The van der Waals surface area contributed by atoms with Gasteiger partial charge in [0.15, 0.2) is 0 Å². The summed E-state index contributed by atoms with van der Waals surface area (Å²) in [6.07, 6.45) is 0. The third-order valence-corrected chi connectivity index (χ3v) is 3.23. The Morgan fingerprint density at radius 1 is 0.810 bits per heavy atom. The van der Waals surface area contributed by atoms with Crippen molar-refractivity contribution in [1.29, 1.82) is 0 Å². The molecule has 5 nitrogen and oxygen atoms in total. The highest BCUT2D eigenvalue weighted by Gasteiger charge is 2.21. The van der Waals surface area contributed by atoms with Crippen LogP contribution in [0.25, 0.3) is 11.1 Å². The first kappa shape index (κ1) is 15.2. The van der Waals surface area contributed by atoms with Crippen molar-refractivity contribution in [1.82, 2.24) is 0 Å². The van der Waals surface area contributed by atoms with Gasteiger partial charge in [0.1, 0.15) is 17.2 Å². The first-order valence-corrected chi connectivity index (χ1v) is 6.37. The Kier molecular flexibility index (Phi) is 4.72. The van der Waals surface area contributed by atoms with E-state index in [0.29, 0.717) is 11.5 Å². The number of ether oxygens (including phenoxy) is 3. The molecule has 0 saturated carbocycles. The monoisotopic (exact) mass is 288 g/mol. The van der Waals surface area contributed by atoms with Crippen molar-refractivity contribution in [2.45, 2.75) is 0 Å². The van der Waals surface area contributed by atoms with Gasteiger partial charge in [-0.1, -0.05) is 12.1 Å². The van der Waals surface area contributed by atoms with Crippen LogP contribution in [0.1, 0.15) is 0 Å². The lowest BCUT2D eigenvalue weighted by Crippen LogP contribution is -2.31. The summed E-state index contributed by atoms with van der Waals surface area (Å²) in [6, 6.07) is 10.8. The molecule has 110 valence electrons. The average Bonchev–Trinajstić information content (AvgIpc) is 2.53. The maximum Gasteiger partial charge on any atom is 0.492 e. The molecule has 0 aliphatic rings. The number of rotatable bonds is 5. The molecule has 0 amide bonds. The molecule has 2 N–H and O–H groups in total. The molecule has 2 aromatic carbocycles. The maximum absolute atomic E-state index is 9.39. The topological polar surface area (TPSA) is 68.2 Å². The van der Waals surface area contributed by atoms with Gasteiger partial charge in [-0.05, 0) is 29.8 Å². The molecular formula is C15H17BO5. The van der Waals surface area contributed by atoms with Crippen molar-refractivity contribution in [2.75, 3.05) is 21.3 Å². The normalized spacial score (nSPS) is 10.1. The van der Waals surface area contributed by atoms with Crippen LogP contribution in [-0.4, -0.2) is 38.5 Å². The second-order valence-corrected chi connectivity index (χ2v) is 4.40. The van der Waals surface area contributed by atoms with Gasteiger partial charge in [0.25, 0.3) is 0 Å². The van der Waals surface area contributed by atoms with Crippen LogP contribution < -0.4 is 19.7 Å². The molecule has 6 heteroatoms. The molecule has 0 aliphatic heterocycles. The fraction of sp³-hybridized carbons (Fsp3) is 0.200. The van der Waals surface area contributed by atoms with Crippen LogP contribution in [0.2, 0.25) is 0 Å². The van der Waals surface area contributed by atoms with Gasteiger partial charge in [0.2, 0.25) is 0 Å². The highest BCUT2D eigenvalue weighted by molar-refractivity contribution is 6.59. The Morgan fingerprint density at radius 2 is 1.43 bits per heavy atom. The number of methoxy groups -OCH3 is 3. The second kappa shape index (κ2) is 6.52. The van der Waals surface area contributed by atoms with Crippen LogP contribution in [0.4, 0.5) is 0 Å². The summed E-state index contributed by atoms with van der Waals surface area (Å²) < 4.78 is 15.7. The van der Waals surface area contributed by atoms with Crippen molar-refractivity contribution in [3.8, 4) is 28.4 Å². The Bertz CT molecular complexity index is 610. The zero-order valence-electron chi connectivity index (χ0n) is 12.2. The Labute approximate surface area is 123 Å². The molecule has 0 aliphatic carbocycles. The van der Waals surface area contributed by atoms with Crippen LogP contribution in [0.5, 0.6) is 17.2 Å². The van der Waals surface area contributed by atoms with E-state index in [1.165, 1.54) is 14.2 Å². The zero-order chi connectivity index (χ0) is 15.4. The first-order valence-electron chi connectivity index (χ1n) is 6.37. The molecule has 0 radical (unpaired) electrons. The quantitative estimate of drug-likeness (QED) is 0.805. The van der Waals surface area contributed by atoms with E-state index in [2.05, 4.69) is 0 Å². The minimum atomic E-state index is -1.63. The summed E-state index contributed by atoms with van der Waals surface area (Å²) in [5.41, 5.74) is 1.96. The number of hydrogen-bond acceptors (Lipinski definition) is 5. The summed E-state index contributed by atoms with van der Waals surface area (Å²) in [5, 5.41) is 18.8. The number of hydrogen-bond donors (Lipinski definition) is 2. The predicted octanol–water partition coefficient (Wildman–Crippen LogP) is 1.06. The fourth-order valence-corrected chi connectivity index (χ4v) is 2.12. The third-order valence-electron chi connectivity index (χ3n) is 3.23. The smallest absolute Gasteiger partial charge is 0.492 e. The SMILES string of the molecule is COc1ccc(-c2cc(OC)c(B(O)O)cc2OC)cc1. The fourth-order valence-electron chi connectivity index (χ4n) is 2.12. The minimum Gasteiger partial charge on any atom is -0.497 e. The lowest BCUT2D eigenvalue weighted by atomic mass is 9.78. The van der Waals surface area contributed by atoms with E-state index >= 15 is 0 Å². The molecule has 0 saturated heterocycles. The molecule has 0 unspecified atom stereocenters. The summed E-state index contributed by atoms with van der Waals surface area (Å²) >= 11 is 0. The van der Waals surface area contributed by atoms with Crippen LogP contribution in [0.3, 0.4) is 0 Å².